The fourth-order valence-electron chi connectivity index (χ4n) is 1.22. The summed E-state index contributed by atoms with van der Waals surface area (Å²) in [7, 11) is -3.10. The molecule has 0 aliphatic rings. The summed E-state index contributed by atoms with van der Waals surface area (Å²) >= 11 is 0. The molecule has 0 fully saturated rings. The van der Waals surface area contributed by atoms with Crippen molar-refractivity contribution in [3.8, 4) is 0 Å². The maximum absolute atomic E-state index is 11.4. The number of aromatic nitrogens is 2. The molecule has 0 spiro atoms. The first-order chi connectivity index (χ1) is 7.64. The summed E-state index contributed by atoms with van der Waals surface area (Å²) in [6.07, 6.45) is 7.03. The molecule has 1 aromatic rings. The van der Waals surface area contributed by atoms with Crippen molar-refractivity contribution in [3.05, 3.63) is 24.3 Å². The van der Waals surface area contributed by atoms with E-state index in [-0.39, 0.29) is 5.75 Å². The summed E-state index contributed by atoms with van der Waals surface area (Å²) in [6.45, 7) is 2.37. The average molecular weight is 243 g/mol. The molecule has 0 saturated heterocycles. The molecule has 0 bridgehead atoms. The van der Waals surface area contributed by atoms with Gasteiger partial charge in [0.1, 0.15) is 6.33 Å². The van der Waals surface area contributed by atoms with E-state index in [2.05, 4.69) is 14.7 Å². The van der Waals surface area contributed by atoms with Crippen LogP contribution < -0.4 is 4.72 Å². The van der Waals surface area contributed by atoms with E-state index in [1.165, 1.54) is 6.33 Å². The van der Waals surface area contributed by atoms with Crippen LogP contribution in [0.4, 0.5) is 0 Å². The van der Waals surface area contributed by atoms with Gasteiger partial charge in [-0.1, -0.05) is 13.3 Å². The SMILES string of the molecule is CCCCS(=O)(=O)NCCc1cncnc1. The molecule has 1 rings (SSSR count). The van der Waals surface area contributed by atoms with Crippen molar-refractivity contribution in [2.75, 3.05) is 12.3 Å². The third kappa shape index (κ3) is 5.18. The van der Waals surface area contributed by atoms with Gasteiger partial charge in [-0.3, -0.25) is 0 Å². The van der Waals surface area contributed by atoms with Crippen molar-refractivity contribution in [3.63, 3.8) is 0 Å². The molecule has 0 aliphatic carbocycles. The van der Waals surface area contributed by atoms with E-state index in [4.69, 9.17) is 0 Å². The summed E-state index contributed by atoms with van der Waals surface area (Å²) in [5.74, 6) is 0.203. The molecule has 0 unspecified atom stereocenters. The Morgan fingerprint density at radius 2 is 2.00 bits per heavy atom. The van der Waals surface area contributed by atoms with Gasteiger partial charge in [0.05, 0.1) is 5.75 Å². The molecule has 1 N–H and O–H groups in total. The molecule has 6 heteroatoms. The Morgan fingerprint density at radius 3 is 2.62 bits per heavy atom. The Kier molecular flexibility index (Phi) is 5.34. The van der Waals surface area contributed by atoms with Gasteiger partial charge in [-0.15, -0.1) is 0 Å². The quantitative estimate of drug-likeness (QED) is 0.766. The average Bonchev–Trinajstić information content (AvgIpc) is 2.28. The lowest BCUT2D eigenvalue weighted by Crippen LogP contribution is -2.28. The van der Waals surface area contributed by atoms with Crippen LogP contribution in [0.3, 0.4) is 0 Å². The number of nitrogens with zero attached hydrogens (tertiary/aromatic N) is 2. The fraction of sp³-hybridized carbons (Fsp3) is 0.600. The summed E-state index contributed by atoms with van der Waals surface area (Å²) < 4.78 is 25.4. The van der Waals surface area contributed by atoms with Crippen LogP contribution in [0.2, 0.25) is 0 Å². The highest BCUT2D eigenvalue weighted by molar-refractivity contribution is 7.89. The van der Waals surface area contributed by atoms with Crippen LogP contribution in [0.25, 0.3) is 0 Å². The van der Waals surface area contributed by atoms with Crippen LogP contribution in [0.1, 0.15) is 25.3 Å². The van der Waals surface area contributed by atoms with Gasteiger partial charge in [-0.2, -0.15) is 0 Å². The van der Waals surface area contributed by atoms with E-state index in [1.54, 1.807) is 12.4 Å². The lowest BCUT2D eigenvalue weighted by molar-refractivity contribution is 0.578. The molecule has 5 nitrogen and oxygen atoms in total. The highest BCUT2D eigenvalue weighted by Crippen LogP contribution is 1.96. The summed E-state index contributed by atoms with van der Waals surface area (Å²) in [5.41, 5.74) is 0.931. The van der Waals surface area contributed by atoms with Gasteiger partial charge in [-0.25, -0.2) is 23.1 Å². The number of hydrogen-bond donors (Lipinski definition) is 1. The molecule has 0 saturated carbocycles. The van der Waals surface area contributed by atoms with Gasteiger partial charge in [0.2, 0.25) is 10.0 Å². The smallest absolute Gasteiger partial charge is 0.211 e. The Labute approximate surface area is 96.4 Å². The first kappa shape index (κ1) is 13.1. The zero-order valence-corrected chi connectivity index (χ0v) is 10.2. The maximum Gasteiger partial charge on any atom is 0.211 e. The predicted octanol–water partition coefficient (Wildman–Crippen LogP) is 0.739. The normalized spacial score (nSPS) is 11.6. The number of rotatable bonds is 7. The van der Waals surface area contributed by atoms with E-state index < -0.39 is 10.0 Å². The lowest BCUT2D eigenvalue weighted by Gasteiger charge is -2.05. The Bertz CT molecular complexity index is 392. The van der Waals surface area contributed by atoms with Crippen molar-refractivity contribution >= 4 is 10.0 Å². The molecular weight excluding hydrogens is 226 g/mol. The third-order valence-corrected chi connectivity index (χ3v) is 3.59. The lowest BCUT2D eigenvalue weighted by atomic mass is 10.2. The van der Waals surface area contributed by atoms with E-state index in [0.29, 0.717) is 19.4 Å². The summed E-state index contributed by atoms with van der Waals surface area (Å²) in [6, 6.07) is 0. The minimum absolute atomic E-state index is 0.203. The number of nitrogens with one attached hydrogen (secondary N) is 1. The van der Waals surface area contributed by atoms with Crippen LogP contribution in [0, 0.1) is 0 Å². The molecule has 0 aromatic carbocycles. The number of hydrogen-bond acceptors (Lipinski definition) is 4. The molecule has 90 valence electrons. The van der Waals surface area contributed by atoms with Crippen molar-refractivity contribution in [1.29, 1.82) is 0 Å². The first-order valence-corrected chi connectivity index (χ1v) is 7.00. The van der Waals surface area contributed by atoms with Gasteiger partial charge in [0, 0.05) is 18.9 Å². The highest BCUT2D eigenvalue weighted by Gasteiger charge is 2.07. The van der Waals surface area contributed by atoms with E-state index in [9.17, 15) is 8.42 Å². The zero-order chi connectivity index (χ0) is 11.9. The van der Waals surface area contributed by atoms with Crippen LogP contribution >= 0.6 is 0 Å². The minimum Gasteiger partial charge on any atom is -0.245 e. The molecule has 0 aliphatic heterocycles. The van der Waals surface area contributed by atoms with E-state index >= 15 is 0 Å². The van der Waals surface area contributed by atoms with Gasteiger partial charge in [0.15, 0.2) is 0 Å². The molecule has 1 aromatic heterocycles. The van der Waals surface area contributed by atoms with Crippen LogP contribution in [-0.4, -0.2) is 30.7 Å². The minimum atomic E-state index is -3.10. The number of unbranched alkanes of at least 4 members (excludes halogenated alkanes) is 1. The zero-order valence-electron chi connectivity index (χ0n) is 9.39. The predicted molar refractivity (Wildman–Crippen MR) is 62.4 cm³/mol. The van der Waals surface area contributed by atoms with Gasteiger partial charge in [-0.05, 0) is 18.4 Å². The van der Waals surface area contributed by atoms with Crippen LogP contribution in [0.15, 0.2) is 18.7 Å². The van der Waals surface area contributed by atoms with Crippen molar-refractivity contribution in [2.24, 2.45) is 0 Å². The largest absolute Gasteiger partial charge is 0.245 e. The van der Waals surface area contributed by atoms with Crippen LogP contribution in [0.5, 0.6) is 0 Å². The van der Waals surface area contributed by atoms with Gasteiger partial charge in [0.25, 0.3) is 0 Å². The summed E-state index contributed by atoms with van der Waals surface area (Å²) in [5, 5.41) is 0. The second kappa shape index (κ2) is 6.55. The fourth-order valence-corrected chi connectivity index (χ4v) is 2.44. The Morgan fingerprint density at radius 1 is 1.31 bits per heavy atom. The molecule has 0 amide bonds. The highest BCUT2D eigenvalue weighted by atomic mass is 32.2. The third-order valence-electron chi connectivity index (χ3n) is 2.12. The summed E-state index contributed by atoms with van der Waals surface area (Å²) in [4.78, 5) is 7.72. The monoisotopic (exact) mass is 243 g/mol. The van der Waals surface area contributed by atoms with Crippen molar-refractivity contribution in [1.82, 2.24) is 14.7 Å². The van der Waals surface area contributed by atoms with E-state index in [1.807, 2.05) is 6.92 Å². The van der Waals surface area contributed by atoms with Crippen LogP contribution in [-0.2, 0) is 16.4 Å². The Balaban J connectivity index is 2.30. The van der Waals surface area contributed by atoms with Crippen molar-refractivity contribution < 1.29 is 8.42 Å². The van der Waals surface area contributed by atoms with Crippen molar-refractivity contribution in [2.45, 2.75) is 26.2 Å². The second-order valence-electron chi connectivity index (χ2n) is 3.56. The first-order valence-electron chi connectivity index (χ1n) is 5.35. The second-order valence-corrected chi connectivity index (χ2v) is 5.49. The van der Waals surface area contributed by atoms with Gasteiger partial charge >= 0.3 is 0 Å². The molecule has 0 radical (unpaired) electrons. The maximum atomic E-state index is 11.4. The molecular formula is C10H17N3O2S. The number of sulfonamides is 1. The standard InChI is InChI=1S/C10H17N3O2S/c1-2-3-6-16(14,15)13-5-4-10-7-11-9-12-8-10/h7-9,13H,2-6H2,1H3. The van der Waals surface area contributed by atoms with Gasteiger partial charge < -0.3 is 0 Å². The molecule has 16 heavy (non-hydrogen) atoms. The molecule has 0 atom stereocenters. The Hall–Kier alpha value is -1.01. The topological polar surface area (TPSA) is 72.0 Å². The molecule has 1 heterocycles. The van der Waals surface area contributed by atoms with E-state index in [0.717, 1.165) is 12.0 Å².